The second kappa shape index (κ2) is 5.26. The highest BCUT2D eigenvalue weighted by Crippen LogP contribution is 2.23. The molecule has 19 heavy (non-hydrogen) atoms. The minimum atomic E-state index is -1.10. The molecule has 1 aromatic rings. The molecule has 1 aliphatic rings. The number of rotatable bonds is 3. The van der Waals surface area contributed by atoms with E-state index >= 15 is 0 Å². The van der Waals surface area contributed by atoms with Crippen LogP contribution in [0.5, 0.6) is 0 Å². The standard InChI is InChI=1S/C12H17N3O3S/c1-7-4-15(5-9(7)14(2)3)11(16)10-13-8(6-19-10)12(17)18/h6-7,9H,4-5H2,1-3H3,(H,17,18). The molecule has 1 fully saturated rings. The van der Waals surface area contributed by atoms with Crippen LogP contribution in [-0.4, -0.2) is 65.0 Å². The van der Waals surface area contributed by atoms with E-state index in [0.717, 1.165) is 11.3 Å². The van der Waals surface area contributed by atoms with Crippen molar-refractivity contribution in [2.24, 2.45) is 5.92 Å². The average Bonchev–Trinajstić information content (AvgIpc) is 2.94. The number of likely N-dealkylation sites (tertiary alicyclic amines) is 1. The fourth-order valence-corrected chi connectivity index (χ4v) is 3.15. The molecule has 1 N–H and O–H groups in total. The quantitative estimate of drug-likeness (QED) is 0.890. The van der Waals surface area contributed by atoms with Gasteiger partial charge in [-0.25, -0.2) is 9.78 Å². The van der Waals surface area contributed by atoms with Gasteiger partial charge in [0.2, 0.25) is 0 Å². The van der Waals surface area contributed by atoms with E-state index in [1.807, 2.05) is 14.1 Å². The van der Waals surface area contributed by atoms with Crippen LogP contribution in [0.15, 0.2) is 5.38 Å². The normalized spacial score (nSPS) is 23.1. The first-order valence-electron chi connectivity index (χ1n) is 6.04. The van der Waals surface area contributed by atoms with Gasteiger partial charge in [0.05, 0.1) is 0 Å². The van der Waals surface area contributed by atoms with E-state index in [9.17, 15) is 9.59 Å². The number of carbonyl (C=O) groups is 2. The Morgan fingerprint density at radius 1 is 1.47 bits per heavy atom. The number of carboxylic acid groups (broad SMARTS) is 1. The third-order valence-electron chi connectivity index (χ3n) is 3.43. The van der Waals surface area contributed by atoms with Gasteiger partial charge in [-0.05, 0) is 20.0 Å². The largest absolute Gasteiger partial charge is 0.476 e. The van der Waals surface area contributed by atoms with E-state index in [4.69, 9.17) is 5.11 Å². The molecule has 0 aliphatic carbocycles. The van der Waals surface area contributed by atoms with Gasteiger partial charge in [0.1, 0.15) is 0 Å². The van der Waals surface area contributed by atoms with E-state index in [0.29, 0.717) is 25.0 Å². The summed E-state index contributed by atoms with van der Waals surface area (Å²) in [6.07, 6.45) is 0. The number of nitrogens with zero attached hydrogens (tertiary/aromatic N) is 3. The molecule has 1 saturated heterocycles. The number of carbonyl (C=O) groups excluding carboxylic acids is 1. The summed E-state index contributed by atoms with van der Waals surface area (Å²) in [5.74, 6) is -0.872. The van der Waals surface area contributed by atoms with E-state index in [-0.39, 0.29) is 16.6 Å². The fraction of sp³-hybridized carbons (Fsp3) is 0.583. The van der Waals surface area contributed by atoms with Crippen LogP contribution in [0.1, 0.15) is 27.2 Å². The van der Waals surface area contributed by atoms with Crippen molar-refractivity contribution in [3.8, 4) is 0 Å². The number of hydrogen-bond donors (Lipinski definition) is 1. The second-order valence-corrected chi connectivity index (χ2v) is 5.92. The van der Waals surface area contributed by atoms with Crippen LogP contribution in [-0.2, 0) is 0 Å². The topological polar surface area (TPSA) is 73.7 Å². The van der Waals surface area contributed by atoms with Gasteiger partial charge in [0, 0.05) is 24.5 Å². The first-order chi connectivity index (χ1) is 8.90. The van der Waals surface area contributed by atoms with Crippen molar-refractivity contribution in [3.63, 3.8) is 0 Å². The lowest BCUT2D eigenvalue weighted by Gasteiger charge is -2.22. The van der Waals surface area contributed by atoms with Crippen LogP contribution >= 0.6 is 11.3 Å². The van der Waals surface area contributed by atoms with Crippen molar-refractivity contribution in [2.45, 2.75) is 13.0 Å². The Morgan fingerprint density at radius 3 is 2.63 bits per heavy atom. The van der Waals surface area contributed by atoms with Crippen LogP contribution < -0.4 is 0 Å². The molecule has 6 nitrogen and oxygen atoms in total. The molecule has 2 rings (SSSR count). The van der Waals surface area contributed by atoms with Gasteiger partial charge in [-0.3, -0.25) is 4.79 Å². The number of thiazole rings is 1. The molecule has 7 heteroatoms. The van der Waals surface area contributed by atoms with Crippen LogP contribution in [0.3, 0.4) is 0 Å². The van der Waals surface area contributed by atoms with Gasteiger partial charge in [-0.15, -0.1) is 11.3 Å². The first-order valence-corrected chi connectivity index (χ1v) is 6.92. The van der Waals surface area contributed by atoms with E-state index in [1.165, 1.54) is 5.38 Å². The summed E-state index contributed by atoms with van der Waals surface area (Å²) in [6.45, 7) is 3.46. The van der Waals surface area contributed by atoms with Crippen LogP contribution in [0.4, 0.5) is 0 Å². The third kappa shape index (κ3) is 2.76. The zero-order valence-electron chi connectivity index (χ0n) is 11.2. The highest BCUT2D eigenvalue weighted by atomic mass is 32.1. The Labute approximate surface area is 115 Å². The van der Waals surface area contributed by atoms with E-state index < -0.39 is 5.97 Å². The van der Waals surface area contributed by atoms with Crippen molar-refractivity contribution in [3.05, 3.63) is 16.1 Å². The molecular formula is C12H17N3O3S. The van der Waals surface area contributed by atoms with Crippen molar-refractivity contribution < 1.29 is 14.7 Å². The number of amides is 1. The van der Waals surface area contributed by atoms with Gasteiger partial charge in [0.25, 0.3) is 5.91 Å². The summed E-state index contributed by atoms with van der Waals surface area (Å²) in [5, 5.41) is 10.5. The summed E-state index contributed by atoms with van der Waals surface area (Å²) < 4.78 is 0. The van der Waals surface area contributed by atoms with Crippen molar-refractivity contribution in [1.29, 1.82) is 0 Å². The number of aromatic carboxylic acids is 1. The van der Waals surface area contributed by atoms with Gasteiger partial charge in [0.15, 0.2) is 10.7 Å². The maximum atomic E-state index is 12.3. The summed E-state index contributed by atoms with van der Waals surface area (Å²) in [7, 11) is 4.00. The third-order valence-corrected chi connectivity index (χ3v) is 4.26. The monoisotopic (exact) mass is 283 g/mol. The number of likely N-dealkylation sites (N-methyl/N-ethyl adjacent to an activating group) is 1. The molecule has 2 heterocycles. The number of aromatic nitrogens is 1. The lowest BCUT2D eigenvalue weighted by molar-refractivity contribution is 0.0691. The average molecular weight is 283 g/mol. The summed E-state index contributed by atoms with van der Waals surface area (Å²) in [5.41, 5.74) is -0.0650. The maximum absolute atomic E-state index is 12.3. The summed E-state index contributed by atoms with van der Waals surface area (Å²) in [6, 6.07) is 0.336. The van der Waals surface area contributed by atoms with Gasteiger partial charge < -0.3 is 14.9 Å². The van der Waals surface area contributed by atoms with Gasteiger partial charge >= 0.3 is 5.97 Å². The Bertz CT molecular complexity index is 500. The molecular weight excluding hydrogens is 266 g/mol. The van der Waals surface area contributed by atoms with E-state index in [1.54, 1.807) is 4.90 Å². The molecule has 1 aromatic heterocycles. The molecule has 1 amide bonds. The predicted octanol–water partition coefficient (Wildman–Crippen LogP) is 0.863. The van der Waals surface area contributed by atoms with Crippen LogP contribution in [0, 0.1) is 5.92 Å². The summed E-state index contributed by atoms with van der Waals surface area (Å²) >= 11 is 1.09. The Morgan fingerprint density at radius 2 is 2.16 bits per heavy atom. The highest BCUT2D eigenvalue weighted by molar-refractivity contribution is 7.11. The zero-order chi connectivity index (χ0) is 14.2. The number of carboxylic acids is 1. The molecule has 104 valence electrons. The predicted molar refractivity (Wildman–Crippen MR) is 71.6 cm³/mol. The Hall–Kier alpha value is -1.47. The lowest BCUT2D eigenvalue weighted by Crippen LogP contribution is -2.35. The van der Waals surface area contributed by atoms with Crippen molar-refractivity contribution in [2.75, 3.05) is 27.2 Å². The van der Waals surface area contributed by atoms with Crippen LogP contribution in [0.2, 0.25) is 0 Å². The molecule has 0 radical (unpaired) electrons. The Balaban J connectivity index is 2.10. The second-order valence-electron chi connectivity index (χ2n) is 5.06. The van der Waals surface area contributed by atoms with Crippen molar-refractivity contribution in [1.82, 2.24) is 14.8 Å². The SMILES string of the molecule is CC1CN(C(=O)c2nc(C(=O)O)cs2)CC1N(C)C. The molecule has 2 unspecified atom stereocenters. The van der Waals surface area contributed by atoms with Crippen LogP contribution in [0.25, 0.3) is 0 Å². The first kappa shape index (κ1) is 14.0. The van der Waals surface area contributed by atoms with Gasteiger partial charge in [-0.2, -0.15) is 0 Å². The number of hydrogen-bond acceptors (Lipinski definition) is 5. The minimum absolute atomic E-state index is 0.0650. The summed E-state index contributed by atoms with van der Waals surface area (Å²) in [4.78, 5) is 30.7. The molecule has 0 spiro atoms. The smallest absolute Gasteiger partial charge is 0.355 e. The molecule has 0 aromatic carbocycles. The molecule has 2 atom stereocenters. The zero-order valence-corrected chi connectivity index (χ0v) is 12.0. The maximum Gasteiger partial charge on any atom is 0.355 e. The lowest BCUT2D eigenvalue weighted by atomic mass is 10.1. The molecule has 0 bridgehead atoms. The Kier molecular flexibility index (Phi) is 3.86. The molecule has 0 saturated carbocycles. The van der Waals surface area contributed by atoms with Gasteiger partial charge in [-0.1, -0.05) is 6.92 Å². The minimum Gasteiger partial charge on any atom is -0.476 e. The van der Waals surface area contributed by atoms with Crippen molar-refractivity contribution >= 4 is 23.2 Å². The fourth-order valence-electron chi connectivity index (χ4n) is 2.39. The van der Waals surface area contributed by atoms with E-state index in [2.05, 4.69) is 16.8 Å². The molecule has 1 aliphatic heterocycles. The highest BCUT2D eigenvalue weighted by Gasteiger charge is 2.35.